The number of amides is 1. The maximum Gasteiger partial charge on any atom is 0.252 e. The van der Waals surface area contributed by atoms with Crippen LogP contribution in [0.15, 0.2) is 0 Å². The minimum Gasteiger partial charge on any atom is -0.299 e. The van der Waals surface area contributed by atoms with Gasteiger partial charge in [0.25, 0.3) is 5.91 Å². The van der Waals surface area contributed by atoms with Gasteiger partial charge in [-0.25, -0.2) is 5.06 Å². The maximum absolute atomic E-state index is 11.8. The van der Waals surface area contributed by atoms with Gasteiger partial charge in [-0.1, -0.05) is 0 Å². The Labute approximate surface area is 152 Å². The van der Waals surface area contributed by atoms with Crippen LogP contribution in [0.5, 0.6) is 0 Å². The maximum atomic E-state index is 11.8. The van der Waals surface area contributed by atoms with Gasteiger partial charge in [0.15, 0.2) is 0 Å². The van der Waals surface area contributed by atoms with Crippen LogP contribution in [0.2, 0.25) is 0 Å². The number of halogens is 1. The Kier molecular flexibility index (Phi) is 3.97. The van der Waals surface area contributed by atoms with Crippen molar-refractivity contribution < 1.29 is 24.0 Å². The molecule has 0 aromatic rings. The molecule has 6 aliphatic rings. The summed E-state index contributed by atoms with van der Waals surface area (Å²) in [6, 6.07) is 0. The van der Waals surface area contributed by atoms with Gasteiger partial charge in [-0.3, -0.25) is 24.0 Å². The summed E-state index contributed by atoms with van der Waals surface area (Å²) in [7, 11) is 3.09. The van der Waals surface area contributed by atoms with E-state index in [0.29, 0.717) is 19.3 Å². The van der Waals surface area contributed by atoms with Crippen molar-refractivity contribution in [2.75, 3.05) is 14.2 Å². The van der Waals surface area contributed by atoms with Crippen LogP contribution >= 0.6 is 11.6 Å². The number of ketones is 2. The zero-order valence-electron chi connectivity index (χ0n) is 15.1. The zero-order valence-corrected chi connectivity index (χ0v) is 15.9. The average molecular weight is 370 g/mol. The lowest BCUT2D eigenvalue weighted by Crippen LogP contribution is -2.70. The third-order valence-corrected chi connectivity index (χ3v) is 7.39. The second-order valence-corrected chi connectivity index (χ2v) is 8.90. The lowest BCUT2D eigenvalue weighted by Gasteiger charge is -2.68. The number of rotatable bonds is 5. The minimum absolute atomic E-state index is 0.0168. The van der Waals surface area contributed by atoms with E-state index in [9.17, 15) is 19.2 Å². The quantitative estimate of drug-likeness (QED) is 0.548. The summed E-state index contributed by atoms with van der Waals surface area (Å²) in [5, 5.41) is 1.02. The van der Waals surface area contributed by atoms with Crippen molar-refractivity contribution in [3.8, 4) is 0 Å². The molecule has 6 saturated carbocycles. The first-order valence-corrected chi connectivity index (χ1v) is 8.89. The predicted octanol–water partition coefficient (Wildman–Crippen LogP) is 2.28. The van der Waals surface area contributed by atoms with Gasteiger partial charge in [-0.05, 0) is 64.0 Å². The largest absolute Gasteiger partial charge is 0.299 e. The van der Waals surface area contributed by atoms with Crippen molar-refractivity contribution in [3.63, 3.8) is 0 Å². The number of Topliss-reactive ketones (excluding diaryl/α,β-unsaturated/α-hetero) is 2. The molecule has 7 heteroatoms. The van der Waals surface area contributed by atoms with Crippen LogP contribution in [0, 0.1) is 21.7 Å². The molecule has 6 rings (SSSR count). The molecule has 0 spiro atoms. The van der Waals surface area contributed by atoms with Crippen molar-refractivity contribution in [1.82, 2.24) is 5.06 Å². The Morgan fingerprint density at radius 3 is 1.44 bits per heavy atom. The van der Waals surface area contributed by atoms with Gasteiger partial charge in [0.1, 0.15) is 11.6 Å². The van der Waals surface area contributed by atoms with Crippen molar-refractivity contribution in [1.29, 1.82) is 0 Å². The highest BCUT2D eigenvalue weighted by Crippen LogP contribution is 2.74. The molecule has 0 saturated heterocycles. The van der Waals surface area contributed by atoms with Crippen LogP contribution in [0.25, 0.3) is 0 Å². The fraction of sp³-hybridized carbons (Fsp3) is 0.778. The van der Waals surface area contributed by atoms with Crippen molar-refractivity contribution in [2.45, 2.75) is 52.4 Å². The van der Waals surface area contributed by atoms with E-state index in [2.05, 4.69) is 0 Å². The summed E-state index contributed by atoms with van der Waals surface area (Å²) < 4.78 is 0. The molecule has 0 radical (unpaired) electrons. The number of hydrogen-bond acceptors (Lipinski definition) is 5. The van der Waals surface area contributed by atoms with Gasteiger partial charge in [0.2, 0.25) is 5.24 Å². The summed E-state index contributed by atoms with van der Waals surface area (Å²) in [5.41, 5.74) is -0.835. The second kappa shape index (κ2) is 5.36. The molecule has 6 nitrogen and oxygen atoms in total. The minimum atomic E-state index is -0.284. The SMILES string of the molecule is CC(=O)C12CC(C(=O)Cl)(C1)C2.CON(C)C(=O)C12CC(C(C)=O)(C1)C2. The molecule has 0 unspecified atom stereocenters. The summed E-state index contributed by atoms with van der Waals surface area (Å²) >= 11 is 5.38. The van der Waals surface area contributed by atoms with E-state index in [0.717, 1.165) is 19.3 Å². The standard InChI is InChI=1S/C10H15NO3.C8H9ClO2/c1-7(12)9-4-10(5-9,6-9)8(13)11(2)14-3;1-5(10)7-2-8(3-7,4-7)6(9)11/h4-6H2,1-3H3;2-4H2,1H3. The molecule has 25 heavy (non-hydrogen) atoms. The van der Waals surface area contributed by atoms with Gasteiger partial charge in [0.05, 0.1) is 12.5 Å². The Bertz CT molecular complexity index is 621. The van der Waals surface area contributed by atoms with Gasteiger partial charge >= 0.3 is 0 Å². The van der Waals surface area contributed by atoms with Crippen LogP contribution in [0.3, 0.4) is 0 Å². The first-order valence-electron chi connectivity index (χ1n) is 8.51. The Hall–Kier alpha value is -1.27. The van der Waals surface area contributed by atoms with Crippen LogP contribution < -0.4 is 0 Å². The summed E-state index contributed by atoms with van der Waals surface area (Å²) in [6.07, 6.45) is 4.29. The smallest absolute Gasteiger partial charge is 0.252 e. The first kappa shape index (κ1) is 18.5. The molecule has 0 N–H and O–H groups in total. The van der Waals surface area contributed by atoms with E-state index in [-0.39, 0.29) is 44.4 Å². The van der Waals surface area contributed by atoms with Crippen LogP contribution in [0.4, 0.5) is 0 Å². The molecule has 6 fully saturated rings. The lowest BCUT2D eigenvalue weighted by molar-refractivity contribution is -0.234. The first-order chi connectivity index (χ1) is 11.5. The summed E-state index contributed by atoms with van der Waals surface area (Å²) in [4.78, 5) is 49.7. The monoisotopic (exact) mass is 369 g/mol. The second-order valence-electron chi connectivity index (χ2n) is 8.55. The predicted molar refractivity (Wildman–Crippen MR) is 89.4 cm³/mol. The Morgan fingerprint density at radius 1 is 0.800 bits per heavy atom. The number of carbonyl (C=O) groups is 4. The molecule has 4 bridgehead atoms. The molecule has 0 heterocycles. The fourth-order valence-electron chi connectivity index (χ4n) is 5.17. The summed E-state index contributed by atoms with van der Waals surface area (Å²) in [6.45, 7) is 3.22. The Balaban J connectivity index is 0.000000150. The molecule has 0 aromatic carbocycles. The molecule has 138 valence electrons. The van der Waals surface area contributed by atoms with Crippen LogP contribution in [0.1, 0.15) is 52.4 Å². The Morgan fingerprint density at radius 2 is 1.16 bits per heavy atom. The van der Waals surface area contributed by atoms with Crippen molar-refractivity contribution in [3.05, 3.63) is 0 Å². The van der Waals surface area contributed by atoms with E-state index in [1.54, 1.807) is 20.9 Å². The van der Waals surface area contributed by atoms with Crippen LogP contribution in [-0.2, 0) is 24.0 Å². The van der Waals surface area contributed by atoms with E-state index in [1.807, 2.05) is 0 Å². The topological polar surface area (TPSA) is 80.8 Å². The average Bonchev–Trinajstić information content (AvgIpc) is 2.30. The van der Waals surface area contributed by atoms with E-state index >= 15 is 0 Å². The van der Waals surface area contributed by atoms with Gasteiger partial charge in [-0.15, -0.1) is 0 Å². The molecule has 1 amide bonds. The lowest BCUT2D eigenvalue weighted by atomic mass is 9.34. The number of carbonyl (C=O) groups excluding carboxylic acids is 4. The molecule has 0 aliphatic heterocycles. The van der Waals surface area contributed by atoms with Crippen molar-refractivity contribution in [2.24, 2.45) is 21.7 Å². The molecular weight excluding hydrogens is 346 g/mol. The third kappa shape index (κ3) is 2.33. The van der Waals surface area contributed by atoms with Gasteiger partial charge in [0, 0.05) is 23.3 Å². The number of nitrogens with zero attached hydrogens (tertiary/aromatic N) is 1. The summed E-state index contributed by atoms with van der Waals surface area (Å²) in [5.74, 6) is 0.465. The number of hydrogen-bond donors (Lipinski definition) is 0. The highest BCUT2D eigenvalue weighted by atomic mass is 35.5. The highest BCUT2D eigenvalue weighted by Gasteiger charge is 2.74. The van der Waals surface area contributed by atoms with E-state index in [1.165, 1.54) is 12.2 Å². The van der Waals surface area contributed by atoms with Crippen LogP contribution in [-0.4, -0.2) is 41.9 Å². The molecule has 0 atom stereocenters. The molecule has 0 aromatic heterocycles. The number of hydroxylamine groups is 2. The van der Waals surface area contributed by atoms with Crippen molar-refractivity contribution >= 4 is 34.3 Å². The van der Waals surface area contributed by atoms with Gasteiger partial charge in [-0.2, -0.15) is 0 Å². The normalized spacial score (nSPS) is 41.5. The van der Waals surface area contributed by atoms with E-state index < -0.39 is 0 Å². The highest BCUT2D eigenvalue weighted by molar-refractivity contribution is 6.65. The fourth-order valence-corrected chi connectivity index (χ4v) is 5.38. The molecular formula is C18H24ClNO5. The third-order valence-electron chi connectivity index (χ3n) is 6.98. The van der Waals surface area contributed by atoms with Gasteiger partial charge < -0.3 is 0 Å². The van der Waals surface area contributed by atoms with E-state index in [4.69, 9.17) is 16.4 Å². The molecule has 6 aliphatic carbocycles. The zero-order chi connectivity index (χ0) is 18.8.